The predicted molar refractivity (Wildman–Crippen MR) is 69.6 cm³/mol. The number of rotatable bonds is 0. The summed E-state index contributed by atoms with van der Waals surface area (Å²) in [6.07, 6.45) is 0. The van der Waals surface area contributed by atoms with Crippen LogP contribution in [0, 0.1) is 6.92 Å². The number of hydrogen-bond donors (Lipinski definition) is 1. The topological polar surface area (TPSA) is 38.9 Å². The van der Waals surface area contributed by atoms with Gasteiger partial charge in [0.25, 0.3) is 0 Å². The summed E-state index contributed by atoms with van der Waals surface area (Å²) in [4.78, 5) is 4.52. The standard InChI is InChI=1S/C14H18N2/c1-9-6-5-7-10-8-11(14(2,3)4)13(15)16-12(9)10/h5-8H,1-4H3,(H2,15,16). The number of benzene rings is 1. The van der Waals surface area contributed by atoms with E-state index in [0.717, 1.165) is 11.1 Å². The fourth-order valence-electron chi connectivity index (χ4n) is 1.96. The average Bonchev–Trinajstić information content (AvgIpc) is 2.17. The van der Waals surface area contributed by atoms with Crippen LogP contribution in [-0.2, 0) is 5.41 Å². The summed E-state index contributed by atoms with van der Waals surface area (Å²) < 4.78 is 0. The van der Waals surface area contributed by atoms with Crippen LogP contribution < -0.4 is 5.73 Å². The van der Waals surface area contributed by atoms with Gasteiger partial charge in [-0.2, -0.15) is 0 Å². The van der Waals surface area contributed by atoms with Crippen LogP contribution in [0.15, 0.2) is 24.3 Å². The number of para-hydroxylation sites is 1. The number of aromatic nitrogens is 1. The Morgan fingerprint density at radius 2 is 1.88 bits per heavy atom. The summed E-state index contributed by atoms with van der Waals surface area (Å²) in [5, 5.41) is 1.17. The highest BCUT2D eigenvalue weighted by atomic mass is 14.8. The average molecular weight is 214 g/mol. The predicted octanol–water partition coefficient (Wildman–Crippen LogP) is 3.42. The van der Waals surface area contributed by atoms with Gasteiger partial charge >= 0.3 is 0 Å². The zero-order valence-corrected chi connectivity index (χ0v) is 10.3. The molecule has 0 spiro atoms. The molecule has 16 heavy (non-hydrogen) atoms. The molecule has 0 atom stereocenters. The zero-order valence-electron chi connectivity index (χ0n) is 10.3. The maximum Gasteiger partial charge on any atom is 0.127 e. The molecule has 1 aromatic carbocycles. The molecule has 0 radical (unpaired) electrons. The molecule has 84 valence electrons. The number of fused-ring (bicyclic) bond motifs is 1. The Morgan fingerprint density at radius 1 is 1.19 bits per heavy atom. The van der Waals surface area contributed by atoms with E-state index in [1.165, 1.54) is 10.9 Å². The molecular weight excluding hydrogens is 196 g/mol. The molecule has 0 saturated heterocycles. The first-order valence-electron chi connectivity index (χ1n) is 5.56. The first-order valence-corrected chi connectivity index (χ1v) is 5.56. The highest BCUT2D eigenvalue weighted by Crippen LogP contribution is 2.30. The minimum Gasteiger partial charge on any atom is -0.383 e. The van der Waals surface area contributed by atoms with Gasteiger partial charge in [0.2, 0.25) is 0 Å². The van der Waals surface area contributed by atoms with Crippen LogP contribution in [0.2, 0.25) is 0 Å². The maximum atomic E-state index is 6.03. The lowest BCUT2D eigenvalue weighted by Gasteiger charge is -2.21. The van der Waals surface area contributed by atoms with Crippen LogP contribution in [0.4, 0.5) is 5.82 Å². The van der Waals surface area contributed by atoms with Gasteiger partial charge in [-0.15, -0.1) is 0 Å². The lowest BCUT2D eigenvalue weighted by Crippen LogP contribution is -2.15. The second kappa shape index (κ2) is 3.48. The Morgan fingerprint density at radius 3 is 2.50 bits per heavy atom. The van der Waals surface area contributed by atoms with Crippen molar-refractivity contribution in [2.45, 2.75) is 33.1 Å². The highest BCUT2D eigenvalue weighted by molar-refractivity contribution is 5.84. The van der Waals surface area contributed by atoms with Crippen LogP contribution in [0.25, 0.3) is 10.9 Å². The molecule has 0 aliphatic carbocycles. The highest BCUT2D eigenvalue weighted by Gasteiger charge is 2.18. The van der Waals surface area contributed by atoms with E-state index >= 15 is 0 Å². The normalized spacial score (nSPS) is 12.0. The van der Waals surface area contributed by atoms with Gasteiger partial charge < -0.3 is 5.73 Å². The number of pyridine rings is 1. The Bertz CT molecular complexity index is 536. The number of nitrogens with two attached hydrogens (primary N) is 1. The Kier molecular flexibility index (Phi) is 2.38. The van der Waals surface area contributed by atoms with E-state index in [9.17, 15) is 0 Å². The molecule has 1 heterocycles. The third kappa shape index (κ3) is 1.75. The molecule has 0 fully saturated rings. The third-order valence-electron chi connectivity index (χ3n) is 2.89. The maximum absolute atomic E-state index is 6.03. The monoisotopic (exact) mass is 214 g/mol. The molecule has 0 saturated carbocycles. The number of aryl methyl sites for hydroxylation is 1. The molecular formula is C14H18N2. The van der Waals surface area contributed by atoms with Gasteiger partial charge in [-0.1, -0.05) is 39.0 Å². The van der Waals surface area contributed by atoms with Gasteiger partial charge in [-0.3, -0.25) is 0 Å². The summed E-state index contributed by atoms with van der Waals surface area (Å²) in [6.45, 7) is 8.53. The van der Waals surface area contributed by atoms with Gasteiger partial charge in [-0.25, -0.2) is 4.98 Å². The quantitative estimate of drug-likeness (QED) is 0.729. The van der Waals surface area contributed by atoms with Crippen LogP contribution >= 0.6 is 0 Å². The van der Waals surface area contributed by atoms with E-state index in [4.69, 9.17) is 5.73 Å². The number of nitrogens with zero attached hydrogens (tertiary/aromatic N) is 1. The van der Waals surface area contributed by atoms with E-state index in [1.807, 2.05) is 0 Å². The Labute approximate surface area is 96.5 Å². The second-order valence-electron chi connectivity index (χ2n) is 5.32. The molecule has 1 aromatic heterocycles. The molecule has 0 aliphatic rings. The molecule has 2 rings (SSSR count). The van der Waals surface area contributed by atoms with Crippen LogP contribution in [0.3, 0.4) is 0 Å². The van der Waals surface area contributed by atoms with Crippen molar-refractivity contribution in [1.29, 1.82) is 0 Å². The lowest BCUT2D eigenvalue weighted by atomic mass is 9.86. The Balaban J connectivity index is 2.78. The summed E-state index contributed by atoms with van der Waals surface area (Å²) >= 11 is 0. The molecule has 2 aromatic rings. The van der Waals surface area contributed by atoms with E-state index in [-0.39, 0.29) is 5.41 Å². The van der Waals surface area contributed by atoms with Crippen molar-refractivity contribution in [1.82, 2.24) is 4.98 Å². The zero-order chi connectivity index (χ0) is 11.9. The first-order chi connectivity index (χ1) is 7.39. The third-order valence-corrected chi connectivity index (χ3v) is 2.89. The summed E-state index contributed by atoms with van der Waals surface area (Å²) in [5.74, 6) is 0.648. The Hall–Kier alpha value is -1.57. The minimum absolute atomic E-state index is 0.0367. The van der Waals surface area contributed by atoms with Crippen molar-refractivity contribution in [3.63, 3.8) is 0 Å². The van der Waals surface area contributed by atoms with Crippen LogP contribution in [0.5, 0.6) is 0 Å². The van der Waals surface area contributed by atoms with Crippen molar-refractivity contribution in [2.24, 2.45) is 0 Å². The molecule has 0 amide bonds. The van der Waals surface area contributed by atoms with Crippen molar-refractivity contribution in [2.75, 3.05) is 5.73 Å². The van der Waals surface area contributed by atoms with Crippen molar-refractivity contribution >= 4 is 16.7 Å². The second-order valence-corrected chi connectivity index (χ2v) is 5.32. The van der Waals surface area contributed by atoms with Crippen LogP contribution in [-0.4, -0.2) is 4.98 Å². The summed E-state index contributed by atoms with van der Waals surface area (Å²) in [7, 11) is 0. The van der Waals surface area contributed by atoms with E-state index < -0.39 is 0 Å². The van der Waals surface area contributed by atoms with Crippen LogP contribution in [0.1, 0.15) is 31.9 Å². The van der Waals surface area contributed by atoms with Crippen molar-refractivity contribution < 1.29 is 0 Å². The van der Waals surface area contributed by atoms with Gasteiger partial charge in [0.15, 0.2) is 0 Å². The summed E-state index contributed by atoms with van der Waals surface area (Å²) in [6, 6.07) is 8.36. The number of hydrogen-bond acceptors (Lipinski definition) is 2. The molecule has 2 heteroatoms. The number of anilines is 1. The van der Waals surface area contributed by atoms with Gasteiger partial charge in [-0.05, 0) is 24.0 Å². The van der Waals surface area contributed by atoms with E-state index in [2.05, 4.69) is 56.9 Å². The fourth-order valence-corrected chi connectivity index (χ4v) is 1.96. The van der Waals surface area contributed by atoms with Gasteiger partial charge in [0.05, 0.1) is 5.52 Å². The largest absolute Gasteiger partial charge is 0.383 e. The molecule has 0 bridgehead atoms. The fraction of sp³-hybridized carbons (Fsp3) is 0.357. The summed E-state index contributed by atoms with van der Waals surface area (Å²) in [5.41, 5.74) is 9.36. The lowest BCUT2D eigenvalue weighted by molar-refractivity contribution is 0.591. The van der Waals surface area contributed by atoms with Gasteiger partial charge in [0, 0.05) is 10.9 Å². The van der Waals surface area contributed by atoms with Crippen molar-refractivity contribution in [3.05, 3.63) is 35.4 Å². The minimum atomic E-state index is 0.0367. The molecule has 0 unspecified atom stereocenters. The number of nitrogen functional groups attached to an aromatic ring is 1. The van der Waals surface area contributed by atoms with Crippen molar-refractivity contribution in [3.8, 4) is 0 Å². The first kappa shape index (κ1) is 10.9. The smallest absolute Gasteiger partial charge is 0.127 e. The molecule has 2 nitrogen and oxygen atoms in total. The van der Waals surface area contributed by atoms with E-state index in [0.29, 0.717) is 5.82 Å². The SMILES string of the molecule is Cc1cccc2cc(C(C)(C)C)c(N)nc12. The molecule has 0 aliphatic heterocycles. The van der Waals surface area contributed by atoms with E-state index in [1.54, 1.807) is 0 Å². The van der Waals surface area contributed by atoms with Gasteiger partial charge in [0.1, 0.15) is 5.82 Å². The molecule has 2 N–H and O–H groups in total.